The zero-order valence-corrected chi connectivity index (χ0v) is 18.7. The van der Waals surface area contributed by atoms with Crippen molar-refractivity contribution in [2.24, 2.45) is 0 Å². The fourth-order valence-corrected chi connectivity index (χ4v) is 3.82. The molecule has 0 aromatic heterocycles. The summed E-state index contributed by atoms with van der Waals surface area (Å²) in [6, 6.07) is 4.74. The number of hydrogen-bond donors (Lipinski definition) is 1. The van der Waals surface area contributed by atoms with Crippen molar-refractivity contribution in [3.8, 4) is 6.07 Å². The van der Waals surface area contributed by atoms with Crippen molar-refractivity contribution in [3.05, 3.63) is 33.4 Å². The number of rotatable bonds is 10. The Bertz CT molecular complexity index is 761. The molecule has 1 aromatic carbocycles. The molecule has 0 atom stereocenters. The molecular weight excluding hydrogens is 488 g/mol. The van der Waals surface area contributed by atoms with E-state index >= 15 is 0 Å². The average molecular weight is 513 g/mol. The molecule has 1 N–H and O–H groups in total. The van der Waals surface area contributed by atoms with Crippen LogP contribution in [-0.2, 0) is 4.74 Å². The maximum atomic E-state index is 12.7. The Morgan fingerprint density at radius 3 is 2.72 bits per heavy atom. The van der Waals surface area contributed by atoms with Gasteiger partial charge in [-0.25, -0.2) is 0 Å². The largest absolute Gasteiger partial charge is 0.379 e. The molecule has 0 aliphatic carbocycles. The summed E-state index contributed by atoms with van der Waals surface area (Å²) in [4.78, 5) is 27.8. The standard InChI is InChI=1S/C18H25BIN5O4/c19-1-4-24(5-2-20)16-12-15(17(25(27)28)11-14(16)13-21)18(26)22-3-6-23-7-9-29-10-8-23/h11-12H,1-10,19H2,(H,22,26). The number of alkyl halides is 1. The lowest BCUT2D eigenvalue weighted by atomic mass is 10.0. The lowest BCUT2D eigenvalue weighted by Crippen LogP contribution is -2.41. The van der Waals surface area contributed by atoms with Gasteiger partial charge < -0.3 is 15.0 Å². The molecule has 0 saturated carbocycles. The van der Waals surface area contributed by atoms with Crippen molar-refractivity contribution in [2.75, 3.05) is 61.8 Å². The van der Waals surface area contributed by atoms with Crippen molar-refractivity contribution >= 4 is 47.7 Å². The molecular formula is C18H25BIN5O4. The second kappa shape index (κ2) is 11.9. The van der Waals surface area contributed by atoms with Gasteiger partial charge in [0.15, 0.2) is 0 Å². The van der Waals surface area contributed by atoms with Crippen molar-refractivity contribution in [2.45, 2.75) is 6.32 Å². The Morgan fingerprint density at radius 1 is 1.41 bits per heavy atom. The second-order valence-corrected chi connectivity index (χ2v) is 7.72. The smallest absolute Gasteiger partial charge is 0.283 e. The lowest BCUT2D eigenvalue weighted by molar-refractivity contribution is -0.385. The van der Waals surface area contributed by atoms with E-state index in [2.05, 4.69) is 32.8 Å². The highest BCUT2D eigenvalue weighted by Crippen LogP contribution is 2.30. The first-order chi connectivity index (χ1) is 14.0. The first kappa shape index (κ1) is 23.4. The van der Waals surface area contributed by atoms with Gasteiger partial charge in [-0.05, 0) is 6.07 Å². The van der Waals surface area contributed by atoms with Crippen LogP contribution in [0.5, 0.6) is 0 Å². The third kappa shape index (κ3) is 6.55. The quantitative estimate of drug-likeness (QED) is 0.162. The van der Waals surface area contributed by atoms with E-state index in [0.717, 1.165) is 23.8 Å². The van der Waals surface area contributed by atoms with Gasteiger partial charge >= 0.3 is 0 Å². The van der Waals surface area contributed by atoms with Crippen molar-refractivity contribution in [1.29, 1.82) is 5.26 Å². The maximum Gasteiger partial charge on any atom is 0.283 e. The van der Waals surface area contributed by atoms with Gasteiger partial charge in [-0.3, -0.25) is 19.8 Å². The maximum absolute atomic E-state index is 12.7. The molecule has 1 aliphatic rings. The van der Waals surface area contributed by atoms with Crippen LogP contribution >= 0.6 is 22.6 Å². The van der Waals surface area contributed by atoms with Crippen LogP contribution in [0.2, 0.25) is 6.32 Å². The first-order valence-corrected chi connectivity index (χ1v) is 11.2. The number of nitriles is 1. The van der Waals surface area contributed by atoms with Crippen LogP contribution in [0.25, 0.3) is 0 Å². The summed E-state index contributed by atoms with van der Waals surface area (Å²) in [5, 5.41) is 23.8. The SMILES string of the molecule is BCCN(CCI)c1cc(C(=O)NCCN2CCOCC2)c([N+](=O)[O-])cc1C#N. The molecule has 0 radical (unpaired) electrons. The fraction of sp³-hybridized carbons (Fsp3) is 0.556. The molecule has 2 rings (SSSR count). The van der Waals surface area contributed by atoms with E-state index in [1.807, 2.05) is 18.8 Å². The van der Waals surface area contributed by atoms with Crippen LogP contribution < -0.4 is 10.2 Å². The van der Waals surface area contributed by atoms with Crippen molar-refractivity contribution in [3.63, 3.8) is 0 Å². The summed E-state index contributed by atoms with van der Waals surface area (Å²) in [7, 11) is 2.02. The van der Waals surface area contributed by atoms with Crippen LogP contribution in [0.1, 0.15) is 15.9 Å². The number of hydrogen-bond acceptors (Lipinski definition) is 7. The Morgan fingerprint density at radius 2 is 2.14 bits per heavy atom. The third-order valence-electron chi connectivity index (χ3n) is 4.68. The third-order valence-corrected chi connectivity index (χ3v) is 5.16. The predicted octanol–water partition coefficient (Wildman–Crippen LogP) is 0.821. The number of anilines is 1. The summed E-state index contributed by atoms with van der Waals surface area (Å²) in [6.45, 7) is 5.39. The minimum absolute atomic E-state index is 0.0134. The molecule has 0 unspecified atom stereocenters. The lowest BCUT2D eigenvalue weighted by Gasteiger charge is -2.26. The number of morpholine rings is 1. The second-order valence-electron chi connectivity index (χ2n) is 6.64. The summed E-state index contributed by atoms with van der Waals surface area (Å²) >= 11 is 2.25. The molecule has 1 aliphatic heterocycles. The molecule has 1 amide bonds. The van der Waals surface area contributed by atoms with Gasteiger partial charge in [0.05, 0.1) is 29.4 Å². The van der Waals surface area contributed by atoms with E-state index in [0.29, 0.717) is 45.1 Å². The number of carbonyl (C=O) groups is 1. The van der Waals surface area contributed by atoms with Gasteiger partial charge in [0.1, 0.15) is 19.5 Å². The highest BCUT2D eigenvalue weighted by molar-refractivity contribution is 14.1. The minimum atomic E-state index is -0.607. The number of nitrogens with zero attached hydrogens (tertiary/aromatic N) is 4. The Labute approximate surface area is 185 Å². The van der Waals surface area contributed by atoms with Crippen LogP contribution in [0, 0.1) is 21.4 Å². The number of amides is 1. The molecule has 9 nitrogen and oxygen atoms in total. The summed E-state index contributed by atoms with van der Waals surface area (Å²) < 4.78 is 6.13. The number of ether oxygens (including phenoxy) is 1. The van der Waals surface area contributed by atoms with Gasteiger partial charge in [0.25, 0.3) is 11.6 Å². The molecule has 0 spiro atoms. The summed E-state index contributed by atoms with van der Waals surface area (Å²) in [5.74, 6) is -0.498. The summed E-state index contributed by atoms with van der Waals surface area (Å²) in [6.07, 6.45) is 0.861. The van der Waals surface area contributed by atoms with Gasteiger partial charge in [0, 0.05) is 49.8 Å². The molecule has 156 valence electrons. The highest BCUT2D eigenvalue weighted by atomic mass is 127. The zero-order valence-electron chi connectivity index (χ0n) is 16.5. The first-order valence-electron chi connectivity index (χ1n) is 9.63. The topological polar surface area (TPSA) is 112 Å². The zero-order chi connectivity index (χ0) is 21.2. The fourth-order valence-electron chi connectivity index (χ4n) is 3.23. The number of nitro benzene ring substituents is 1. The van der Waals surface area contributed by atoms with E-state index < -0.39 is 10.8 Å². The molecule has 29 heavy (non-hydrogen) atoms. The van der Waals surface area contributed by atoms with Crippen LogP contribution in [-0.4, -0.2) is 80.5 Å². The predicted molar refractivity (Wildman–Crippen MR) is 122 cm³/mol. The minimum Gasteiger partial charge on any atom is -0.379 e. The Kier molecular flexibility index (Phi) is 9.63. The van der Waals surface area contributed by atoms with E-state index in [9.17, 15) is 20.2 Å². The van der Waals surface area contributed by atoms with Gasteiger partial charge in [-0.1, -0.05) is 28.9 Å². The molecule has 1 fully saturated rings. The van der Waals surface area contributed by atoms with Crippen LogP contribution in [0.15, 0.2) is 12.1 Å². The monoisotopic (exact) mass is 513 g/mol. The molecule has 1 saturated heterocycles. The summed E-state index contributed by atoms with van der Waals surface area (Å²) in [5.41, 5.74) is 0.412. The van der Waals surface area contributed by atoms with Crippen molar-refractivity contribution < 1.29 is 14.5 Å². The van der Waals surface area contributed by atoms with Crippen LogP contribution in [0.3, 0.4) is 0 Å². The van der Waals surface area contributed by atoms with E-state index in [1.54, 1.807) is 0 Å². The normalized spacial score (nSPS) is 14.2. The van der Waals surface area contributed by atoms with Gasteiger partial charge in [0.2, 0.25) is 0 Å². The molecule has 11 heteroatoms. The molecule has 1 heterocycles. The highest BCUT2D eigenvalue weighted by Gasteiger charge is 2.25. The van der Waals surface area contributed by atoms with Gasteiger partial charge in [-0.2, -0.15) is 5.26 Å². The number of halogens is 1. The number of carbonyl (C=O) groups excluding carboxylic acids is 1. The van der Waals surface area contributed by atoms with Gasteiger partial charge in [-0.15, -0.1) is 0 Å². The molecule has 0 bridgehead atoms. The van der Waals surface area contributed by atoms with Crippen molar-refractivity contribution in [1.82, 2.24) is 10.2 Å². The molecule has 1 aromatic rings. The van der Waals surface area contributed by atoms with E-state index in [-0.39, 0.29) is 16.8 Å². The van der Waals surface area contributed by atoms with E-state index in [4.69, 9.17) is 4.74 Å². The number of nitrogens with one attached hydrogen (secondary N) is 1. The Balaban J connectivity index is 2.25. The Hall–Kier alpha value is -1.91. The number of nitro groups is 1. The number of benzene rings is 1. The van der Waals surface area contributed by atoms with E-state index in [1.165, 1.54) is 12.1 Å². The van der Waals surface area contributed by atoms with Crippen LogP contribution in [0.4, 0.5) is 11.4 Å². The average Bonchev–Trinajstić information content (AvgIpc) is 2.73.